The second-order valence-electron chi connectivity index (χ2n) is 3.88. The molecule has 0 bridgehead atoms. The molecule has 1 atom stereocenters. The summed E-state index contributed by atoms with van der Waals surface area (Å²) >= 11 is 0. The molecule has 0 radical (unpaired) electrons. The fourth-order valence-corrected chi connectivity index (χ4v) is 1.37. The number of urea groups is 1. The van der Waals surface area contributed by atoms with Gasteiger partial charge in [-0.05, 0) is 5.56 Å². The molecule has 0 aliphatic heterocycles. The van der Waals surface area contributed by atoms with Crippen LogP contribution in [0.4, 0.5) is 4.79 Å². The number of aromatic nitrogens is 1. The van der Waals surface area contributed by atoms with E-state index in [-0.39, 0.29) is 13.2 Å². The molecular formula is C12H17N3O5. The van der Waals surface area contributed by atoms with Crippen LogP contribution in [0.15, 0.2) is 18.3 Å². The summed E-state index contributed by atoms with van der Waals surface area (Å²) in [6.45, 7) is 0.120. The average molecular weight is 283 g/mol. The molecule has 20 heavy (non-hydrogen) atoms. The van der Waals surface area contributed by atoms with Gasteiger partial charge in [-0.2, -0.15) is 0 Å². The first kappa shape index (κ1) is 15.7. The number of rotatable bonds is 7. The van der Waals surface area contributed by atoms with Crippen LogP contribution in [0.5, 0.6) is 5.88 Å². The Bertz CT molecular complexity index is 449. The predicted molar refractivity (Wildman–Crippen MR) is 69.5 cm³/mol. The minimum Gasteiger partial charge on any atom is -0.481 e. The number of hydrogen-bond acceptors (Lipinski definition) is 5. The first-order valence-corrected chi connectivity index (χ1v) is 5.82. The molecule has 1 heterocycles. The van der Waals surface area contributed by atoms with E-state index in [0.29, 0.717) is 5.88 Å². The van der Waals surface area contributed by atoms with E-state index in [4.69, 9.17) is 14.6 Å². The highest BCUT2D eigenvalue weighted by atomic mass is 16.5. The monoisotopic (exact) mass is 283 g/mol. The van der Waals surface area contributed by atoms with Crippen LogP contribution >= 0.6 is 0 Å². The Balaban J connectivity index is 2.43. The van der Waals surface area contributed by atoms with E-state index in [1.165, 1.54) is 14.2 Å². The molecule has 0 saturated heterocycles. The molecule has 0 aliphatic rings. The van der Waals surface area contributed by atoms with Crippen molar-refractivity contribution in [3.63, 3.8) is 0 Å². The summed E-state index contributed by atoms with van der Waals surface area (Å²) in [7, 11) is 2.87. The zero-order chi connectivity index (χ0) is 15.0. The predicted octanol–water partition coefficient (Wildman–Crippen LogP) is -0.0110. The minimum atomic E-state index is -1.16. The Labute approximate surface area is 116 Å². The molecule has 1 unspecified atom stereocenters. The topological polar surface area (TPSA) is 110 Å². The van der Waals surface area contributed by atoms with Gasteiger partial charge in [0, 0.05) is 25.9 Å². The molecule has 1 aromatic heterocycles. The van der Waals surface area contributed by atoms with Crippen LogP contribution in [0.2, 0.25) is 0 Å². The Morgan fingerprint density at radius 1 is 1.40 bits per heavy atom. The van der Waals surface area contributed by atoms with E-state index in [1.807, 2.05) is 0 Å². The first-order valence-electron chi connectivity index (χ1n) is 5.82. The zero-order valence-electron chi connectivity index (χ0n) is 11.3. The van der Waals surface area contributed by atoms with Gasteiger partial charge in [0.2, 0.25) is 5.88 Å². The number of amides is 2. The van der Waals surface area contributed by atoms with Gasteiger partial charge in [-0.3, -0.25) is 0 Å². The van der Waals surface area contributed by atoms with Crippen molar-refractivity contribution in [1.29, 1.82) is 0 Å². The number of methoxy groups -OCH3 is 2. The van der Waals surface area contributed by atoms with Crippen molar-refractivity contribution in [3.05, 3.63) is 23.9 Å². The maximum absolute atomic E-state index is 11.5. The van der Waals surface area contributed by atoms with Crippen LogP contribution in [0.3, 0.4) is 0 Å². The van der Waals surface area contributed by atoms with Crippen LogP contribution in [-0.4, -0.2) is 49.0 Å². The summed E-state index contributed by atoms with van der Waals surface area (Å²) in [6.07, 6.45) is 1.56. The van der Waals surface area contributed by atoms with E-state index < -0.39 is 18.0 Å². The third-order valence-electron chi connectivity index (χ3n) is 2.40. The first-order chi connectivity index (χ1) is 9.56. The third-order valence-corrected chi connectivity index (χ3v) is 2.40. The summed E-state index contributed by atoms with van der Waals surface area (Å²) in [5, 5.41) is 13.7. The van der Waals surface area contributed by atoms with Gasteiger partial charge in [0.25, 0.3) is 0 Å². The molecule has 1 rings (SSSR count). The van der Waals surface area contributed by atoms with E-state index in [1.54, 1.807) is 18.3 Å². The molecule has 0 aromatic carbocycles. The smallest absolute Gasteiger partial charge is 0.328 e. The largest absolute Gasteiger partial charge is 0.481 e. The Morgan fingerprint density at radius 3 is 2.65 bits per heavy atom. The number of nitrogens with zero attached hydrogens (tertiary/aromatic N) is 1. The minimum absolute atomic E-state index is 0.104. The lowest BCUT2D eigenvalue weighted by Gasteiger charge is -2.14. The number of carbonyl (C=O) groups excluding carboxylic acids is 1. The van der Waals surface area contributed by atoms with Crippen molar-refractivity contribution < 1.29 is 24.2 Å². The van der Waals surface area contributed by atoms with Crippen molar-refractivity contribution in [2.75, 3.05) is 20.8 Å². The summed E-state index contributed by atoms with van der Waals surface area (Å²) in [6, 6.07) is 1.73. The van der Waals surface area contributed by atoms with E-state index in [9.17, 15) is 9.59 Å². The van der Waals surface area contributed by atoms with Crippen molar-refractivity contribution in [2.24, 2.45) is 0 Å². The van der Waals surface area contributed by atoms with E-state index >= 15 is 0 Å². The lowest BCUT2D eigenvalue weighted by atomic mass is 10.3. The fraction of sp³-hybridized carbons (Fsp3) is 0.417. The lowest BCUT2D eigenvalue weighted by Crippen LogP contribution is -2.48. The van der Waals surface area contributed by atoms with Crippen LogP contribution in [-0.2, 0) is 16.1 Å². The highest BCUT2D eigenvalue weighted by molar-refractivity contribution is 5.82. The van der Waals surface area contributed by atoms with Gasteiger partial charge < -0.3 is 25.2 Å². The molecular weight excluding hydrogens is 266 g/mol. The van der Waals surface area contributed by atoms with Gasteiger partial charge >= 0.3 is 12.0 Å². The van der Waals surface area contributed by atoms with Crippen molar-refractivity contribution in [1.82, 2.24) is 15.6 Å². The Kier molecular flexibility index (Phi) is 6.24. The number of carbonyl (C=O) groups is 2. The number of nitrogens with one attached hydrogen (secondary N) is 2. The van der Waals surface area contributed by atoms with Crippen molar-refractivity contribution >= 4 is 12.0 Å². The lowest BCUT2D eigenvalue weighted by molar-refractivity contribution is -0.140. The molecule has 1 aromatic rings. The maximum Gasteiger partial charge on any atom is 0.328 e. The molecule has 2 amide bonds. The number of carboxylic acids is 1. The second kappa shape index (κ2) is 7.95. The highest BCUT2D eigenvalue weighted by Gasteiger charge is 2.19. The van der Waals surface area contributed by atoms with Crippen LogP contribution < -0.4 is 15.4 Å². The molecule has 0 aliphatic carbocycles. The summed E-state index contributed by atoms with van der Waals surface area (Å²) < 4.78 is 9.62. The fourth-order valence-electron chi connectivity index (χ4n) is 1.37. The summed E-state index contributed by atoms with van der Waals surface area (Å²) in [5.41, 5.74) is 0.763. The van der Waals surface area contributed by atoms with E-state index in [2.05, 4.69) is 15.6 Å². The quantitative estimate of drug-likeness (QED) is 0.649. The van der Waals surface area contributed by atoms with Crippen molar-refractivity contribution in [2.45, 2.75) is 12.6 Å². The van der Waals surface area contributed by atoms with Crippen LogP contribution in [0.25, 0.3) is 0 Å². The Hall–Kier alpha value is -2.35. The number of carboxylic acid groups (broad SMARTS) is 1. The average Bonchev–Trinajstić information content (AvgIpc) is 2.45. The second-order valence-corrected chi connectivity index (χ2v) is 3.88. The van der Waals surface area contributed by atoms with Gasteiger partial charge in [0.1, 0.15) is 0 Å². The van der Waals surface area contributed by atoms with Crippen molar-refractivity contribution in [3.8, 4) is 5.88 Å². The van der Waals surface area contributed by atoms with Gasteiger partial charge in [-0.25, -0.2) is 14.6 Å². The van der Waals surface area contributed by atoms with Crippen LogP contribution in [0, 0.1) is 0 Å². The molecule has 8 heteroatoms. The highest BCUT2D eigenvalue weighted by Crippen LogP contribution is 2.06. The normalized spacial score (nSPS) is 11.5. The van der Waals surface area contributed by atoms with Crippen LogP contribution in [0.1, 0.15) is 5.56 Å². The molecule has 8 nitrogen and oxygen atoms in total. The number of hydrogen-bond donors (Lipinski definition) is 3. The molecule has 0 saturated carbocycles. The third kappa shape index (κ3) is 5.11. The van der Waals surface area contributed by atoms with Gasteiger partial charge in [0.05, 0.1) is 13.7 Å². The number of aliphatic carboxylic acids is 1. The molecule has 110 valence electrons. The van der Waals surface area contributed by atoms with E-state index in [0.717, 1.165) is 5.56 Å². The van der Waals surface area contributed by atoms with Gasteiger partial charge in [-0.15, -0.1) is 0 Å². The summed E-state index contributed by atoms with van der Waals surface area (Å²) in [4.78, 5) is 26.4. The Morgan fingerprint density at radius 2 is 2.15 bits per heavy atom. The van der Waals surface area contributed by atoms with Gasteiger partial charge in [-0.1, -0.05) is 6.07 Å². The molecule has 0 fully saturated rings. The standard InChI is InChI=1S/C12H17N3O5/c1-19-7-9(11(16)17)15-12(18)14-6-8-3-4-10(20-2)13-5-8/h3-5,9H,6-7H2,1-2H3,(H,16,17)(H2,14,15,18). The SMILES string of the molecule is COCC(NC(=O)NCc1ccc(OC)nc1)C(=O)O. The number of ether oxygens (including phenoxy) is 2. The molecule has 0 spiro atoms. The summed E-state index contributed by atoms with van der Waals surface area (Å²) in [5.74, 6) is -0.683. The zero-order valence-corrected chi connectivity index (χ0v) is 11.3. The maximum atomic E-state index is 11.5. The number of pyridine rings is 1. The van der Waals surface area contributed by atoms with Gasteiger partial charge in [0.15, 0.2) is 6.04 Å². The molecule has 3 N–H and O–H groups in total.